The van der Waals surface area contributed by atoms with Gasteiger partial charge in [-0.1, -0.05) is 47.7 Å². The van der Waals surface area contributed by atoms with Gasteiger partial charge in [-0.2, -0.15) is 14.1 Å². The first-order valence-electron chi connectivity index (χ1n) is 11.3. The molecule has 0 aliphatic rings. The molecule has 3 aromatic carbocycles. The molecular weight excluding hydrogens is 513 g/mol. The van der Waals surface area contributed by atoms with Gasteiger partial charge in [-0.05, 0) is 48.9 Å². The van der Waals surface area contributed by atoms with Gasteiger partial charge in [0, 0.05) is 25.2 Å². The molecule has 1 amide bonds. The lowest BCUT2D eigenvalue weighted by Crippen LogP contribution is -2.26. The summed E-state index contributed by atoms with van der Waals surface area (Å²) in [5.74, 6) is -0.518. The fourth-order valence-electron chi connectivity index (χ4n) is 3.80. The summed E-state index contributed by atoms with van der Waals surface area (Å²) in [6, 6.07) is 21.4. The quantitative estimate of drug-likeness (QED) is 0.316. The largest absolute Gasteiger partial charge is 0.306 e. The summed E-state index contributed by atoms with van der Waals surface area (Å²) in [7, 11) is -2.23. The second kappa shape index (κ2) is 9.85. The van der Waals surface area contributed by atoms with E-state index in [1.165, 1.54) is 57.7 Å². The average Bonchev–Trinajstić information content (AvgIpc) is 3.48. The second-order valence-corrected chi connectivity index (χ2v) is 11.4. The first kappa shape index (κ1) is 24.8. The second-order valence-electron chi connectivity index (χ2n) is 8.39. The minimum atomic E-state index is -3.74. The first-order valence-corrected chi connectivity index (χ1v) is 13.5. The number of anilines is 1. The Kier molecular flexibility index (Phi) is 6.59. The number of rotatable bonds is 7. The molecule has 1 N–H and O–H groups in total. The smallest absolute Gasteiger partial charge is 0.256 e. The van der Waals surface area contributed by atoms with Crippen molar-refractivity contribution >= 4 is 43.3 Å². The molecule has 0 aliphatic carbocycles. The van der Waals surface area contributed by atoms with Crippen LogP contribution < -0.4 is 5.32 Å². The maximum absolute atomic E-state index is 14.1. The Labute approximate surface area is 217 Å². The number of hydrogen-bond acceptors (Lipinski definition) is 6. The monoisotopic (exact) mass is 535 g/mol. The van der Waals surface area contributed by atoms with Crippen LogP contribution in [-0.4, -0.2) is 40.4 Å². The van der Waals surface area contributed by atoms with Crippen molar-refractivity contribution in [3.8, 4) is 5.13 Å². The van der Waals surface area contributed by atoms with Crippen molar-refractivity contribution in [1.29, 1.82) is 0 Å². The van der Waals surface area contributed by atoms with Gasteiger partial charge in [-0.3, -0.25) is 4.79 Å². The number of fused-ring (bicyclic) bond motifs is 1. The van der Waals surface area contributed by atoms with E-state index in [9.17, 15) is 17.6 Å². The number of aromatic nitrogens is 3. The zero-order chi connectivity index (χ0) is 26.2. The third kappa shape index (κ3) is 5.01. The van der Waals surface area contributed by atoms with Crippen molar-refractivity contribution in [2.24, 2.45) is 0 Å². The number of sulfonamides is 1. The van der Waals surface area contributed by atoms with Crippen molar-refractivity contribution in [3.05, 3.63) is 102 Å². The van der Waals surface area contributed by atoms with E-state index in [0.29, 0.717) is 21.3 Å². The van der Waals surface area contributed by atoms with Crippen LogP contribution in [0.1, 0.15) is 21.6 Å². The Hall–Kier alpha value is -3.93. The highest BCUT2D eigenvalue weighted by Gasteiger charge is 2.22. The Morgan fingerprint density at radius 3 is 2.49 bits per heavy atom. The van der Waals surface area contributed by atoms with Gasteiger partial charge < -0.3 is 5.32 Å². The van der Waals surface area contributed by atoms with Gasteiger partial charge in [0.2, 0.25) is 15.2 Å². The summed E-state index contributed by atoms with van der Waals surface area (Å²) in [4.78, 5) is 17.4. The topological polar surface area (TPSA) is 97.2 Å². The molecule has 188 valence electrons. The maximum atomic E-state index is 14.1. The summed E-state index contributed by atoms with van der Waals surface area (Å²) >= 11 is 1.25. The van der Waals surface area contributed by atoms with E-state index < -0.39 is 21.7 Å². The van der Waals surface area contributed by atoms with E-state index in [1.54, 1.807) is 25.1 Å². The predicted octanol–water partition coefficient (Wildman–Crippen LogP) is 5.00. The van der Waals surface area contributed by atoms with Crippen LogP contribution in [0.15, 0.2) is 83.8 Å². The summed E-state index contributed by atoms with van der Waals surface area (Å²) in [6.07, 6.45) is 0. The molecule has 37 heavy (non-hydrogen) atoms. The minimum Gasteiger partial charge on any atom is -0.306 e. The van der Waals surface area contributed by atoms with Crippen LogP contribution in [0.3, 0.4) is 0 Å². The molecule has 0 saturated carbocycles. The highest BCUT2D eigenvalue weighted by Crippen LogP contribution is 2.29. The van der Waals surface area contributed by atoms with Crippen molar-refractivity contribution in [2.75, 3.05) is 12.4 Å². The number of para-hydroxylation sites is 1. The van der Waals surface area contributed by atoms with Crippen LogP contribution in [0.5, 0.6) is 0 Å². The Bertz CT molecular complexity index is 1700. The maximum Gasteiger partial charge on any atom is 0.256 e. The molecule has 0 spiro atoms. The van der Waals surface area contributed by atoms with Gasteiger partial charge in [0.05, 0.1) is 15.3 Å². The van der Waals surface area contributed by atoms with E-state index >= 15 is 0 Å². The van der Waals surface area contributed by atoms with Crippen LogP contribution in [0.25, 0.3) is 15.3 Å². The normalized spacial score (nSPS) is 11.8. The lowest BCUT2D eigenvalue weighted by atomic mass is 10.2. The first-order chi connectivity index (χ1) is 17.7. The van der Waals surface area contributed by atoms with Gasteiger partial charge in [0.25, 0.3) is 5.91 Å². The van der Waals surface area contributed by atoms with Crippen molar-refractivity contribution < 1.29 is 17.6 Å². The number of halogens is 1. The SMILES string of the molecule is Cc1cc(NC(=O)c2ccc(S(=O)(=O)N(C)Cc3ccccc3)cc2)n(-c2nc3c(F)cccc3s2)n1. The van der Waals surface area contributed by atoms with Gasteiger partial charge >= 0.3 is 0 Å². The Balaban J connectivity index is 1.35. The van der Waals surface area contributed by atoms with Gasteiger partial charge in [-0.25, -0.2) is 17.8 Å². The summed E-state index contributed by atoms with van der Waals surface area (Å²) in [6.45, 7) is 2.00. The number of benzene rings is 3. The van der Waals surface area contributed by atoms with Crippen LogP contribution >= 0.6 is 11.3 Å². The molecular formula is C26H22FN5O3S2. The number of thiazole rings is 1. The third-order valence-corrected chi connectivity index (χ3v) is 8.50. The van der Waals surface area contributed by atoms with Crippen molar-refractivity contribution in [2.45, 2.75) is 18.4 Å². The molecule has 5 aromatic rings. The number of carbonyl (C=O) groups is 1. The standard InChI is InChI=1S/C26H22FN5O3S2/c1-17-15-23(32(30-17)26-29-24-21(27)9-6-10-22(24)36-26)28-25(33)19-11-13-20(14-12-19)37(34,35)31(2)16-18-7-4-3-5-8-18/h3-15H,16H2,1-2H3,(H,28,33). The summed E-state index contributed by atoms with van der Waals surface area (Å²) < 4.78 is 43.5. The highest BCUT2D eigenvalue weighted by molar-refractivity contribution is 7.89. The molecule has 8 nitrogen and oxygen atoms in total. The Morgan fingerprint density at radius 2 is 1.78 bits per heavy atom. The van der Waals surface area contributed by atoms with E-state index in [1.807, 2.05) is 30.3 Å². The Morgan fingerprint density at radius 1 is 1.05 bits per heavy atom. The summed E-state index contributed by atoms with van der Waals surface area (Å²) in [5.41, 5.74) is 2.01. The molecule has 2 heterocycles. The number of hydrogen-bond donors (Lipinski definition) is 1. The lowest BCUT2D eigenvalue weighted by Gasteiger charge is -2.17. The summed E-state index contributed by atoms with van der Waals surface area (Å²) in [5, 5.41) is 7.60. The van der Waals surface area contributed by atoms with Crippen LogP contribution in [-0.2, 0) is 16.6 Å². The fraction of sp³-hybridized carbons (Fsp3) is 0.115. The molecule has 0 aliphatic heterocycles. The third-order valence-electron chi connectivity index (χ3n) is 5.69. The molecule has 11 heteroatoms. The molecule has 0 unspecified atom stereocenters. The minimum absolute atomic E-state index is 0.0832. The van der Waals surface area contributed by atoms with Crippen LogP contribution in [0.4, 0.5) is 10.2 Å². The van der Waals surface area contributed by atoms with Crippen LogP contribution in [0, 0.1) is 12.7 Å². The number of amides is 1. The number of carbonyl (C=O) groups excluding carboxylic acids is 1. The lowest BCUT2D eigenvalue weighted by molar-refractivity contribution is 0.102. The van der Waals surface area contributed by atoms with Crippen LogP contribution in [0.2, 0.25) is 0 Å². The van der Waals surface area contributed by atoms with Crippen molar-refractivity contribution in [1.82, 2.24) is 19.1 Å². The highest BCUT2D eigenvalue weighted by atomic mass is 32.2. The molecule has 2 aromatic heterocycles. The van der Waals surface area contributed by atoms with E-state index in [4.69, 9.17) is 0 Å². The molecule has 0 fully saturated rings. The number of nitrogens with zero attached hydrogens (tertiary/aromatic N) is 4. The van der Waals surface area contributed by atoms with Crippen molar-refractivity contribution in [3.63, 3.8) is 0 Å². The van der Waals surface area contributed by atoms with Gasteiger partial charge in [0.15, 0.2) is 0 Å². The molecule has 0 bridgehead atoms. The molecule has 5 rings (SSSR count). The van der Waals surface area contributed by atoms with E-state index in [0.717, 1.165) is 5.56 Å². The van der Waals surface area contributed by atoms with Gasteiger partial charge in [-0.15, -0.1) is 0 Å². The average molecular weight is 536 g/mol. The van der Waals surface area contributed by atoms with E-state index in [2.05, 4.69) is 15.4 Å². The predicted molar refractivity (Wildman–Crippen MR) is 141 cm³/mol. The molecule has 0 atom stereocenters. The zero-order valence-corrected chi connectivity index (χ0v) is 21.6. The fourth-order valence-corrected chi connectivity index (χ4v) is 5.91. The molecule has 0 radical (unpaired) electrons. The number of nitrogens with one attached hydrogen (secondary N) is 1. The molecule has 0 saturated heterocycles. The van der Waals surface area contributed by atoms with Gasteiger partial charge in [0.1, 0.15) is 17.2 Å². The zero-order valence-electron chi connectivity index (χ0n) is 19.9. The van der Waals surface area contributed by atoms with E-state index in [-0.39, 0.29) is 22.5 Å². The number of aryl methyl sites for hydroxylation is 1.